The summed E-state index contributed by atoms with van der Waals surface area (Å²) in [5.41, 5.74) is 7.98. The number of thioether (sulfide) groups is 1. The summed E-state index contributed by atoms with van der Waals surface area (Å²) in [4.78, 5) is 23.3. The van der Waals surface area contributed by atoms with Crippen LogP contribution < -0.4 is 5.73 Å². The first-order valence-corrected chi connectivity index (χ1v) is 10.00. The Morgan fingerprint density at radius 2 is 1.96 bits per heavy atom. The Hall–Kier alpha value is -2.08. The zero-order valence-corrected chi connectivity index (χ0v) is 16.2. The predicted molar refractivity (Wildman–Crippen MR) is 106 cm³/mol. The van der Waals surface area contributed by atoms with Gasteiger partial charge in [-0.3, -0.25) is 4.79 Å². The fraction of sp³-hybridized carbons (Fsp3) is 0.450. The van der Waals surface area contributed by atoms with Crippen LogP contribution in [0.1, 0.15) is 31.0 Å². The van der Waals surface area contributed by atoms with E-state index < -0.39 is 0 Å². The van der Waals surface area contributed by atoms with E-state index in [1.807, 2.05) is 18.7 Å². The smallest absolute Gasteiger partial charge is 0.235 e. The van der Waals surface area contributed by atoms with Crippen LogP contribution in [0.4, 0.5) is 5.82 Å². The molecule has 1 atom stereocenters. The molecule has 2 N–H and O–H groups in total. The standard InChI is InChI=1S/C20H26N4OS/c1-14-12-18(21)23-20(22-14)26-15(2)19(25)24-10-8-17(9-11-24)13-16-6-4-3-5-7-16/h3-7,12,15,17H,8-11,13H2,1-2H3,(H2,21,22,23)/t15-/m0/s1. The Morgan fingerprint density at radius 1 is 1.27 bits per heavy atom. The molecule has 0 unspecified atom stereocenters. The van der Waals surface area contributed by atoms with Crippen molar-refractivity contribution < 1.29 is 4.79 Å². The zero-order chi connectivity index (χ0) is 18.5. The van der Waals surface area contributed by atoms with Crippen LogP contribution in [-0.2, 0) is 11.2 Å². The van der Waals surface area contributed by atoms with E-state index in [2.05, 4.69) is 40.3 Å². The monoisotopic (exact) mass is 370 g/mol. The highest BCUT2D eigenvalue weighted by Crippen LogP contribution is 2.26. The van der Waals surface area contributed by atoms with Gasteiger partial charge in [-0.25, -0.2) is 9.97 Å². The average Bonchev–Trinajstić information content (AvgIpc) is 2.62. The fourth-order valence-corrected chi connectivity index (χ4v) is 4.31. The van der Waals surface area contributed by atoms with Gasteiger partial charge in [-0.1, -0.05) is 42.1 Å². The van der Waals surface area contributed by atoms with E-state index in [0.717, 1.165) is 38.0 Å². The van der Waals surface area contributed by atoms with E-state index in [1.165, 1.54) is 17.3 Å². The van der Waals surface area contributed by atoms with Gasteiger partial charge in [-0.05, 0) is 44.6 Å². The van der Waals surface area contributed by atoms with E-state index in [0.29, 0.717) is 16.9 Å². The van der Waals surface area contributed by atoms with Crippen molar-refractivity contribution in [2.24, 2.45) is 5.92 Å². The number of hydrogen-bond donors (Lipinski definition) is 1. The van der Waals surface area contributed by atoms with Gasteiger partial charge in [0.15, 0.2) is 5.16 Å². The van der Waals surface area contributed by atoms with Gasteiger partial charge in [0.25, 0.3) is 0 Å². The lowest BCUT2D eigenvalue weighted by molar-refractivity contribution is -0.131. The molecule has 1 aromatic carbocycles. The number of anilines is 1. The fourth-order valence-electron chi connectivity index (χ4n) is 3.39. The number of likely N-dealkylation sites (tertiary alicyclic amines) is 1. The molecule has 5 nitrogen and oxygen atoms in total. The second-order valence-electron chi connectivity index (χ2n) is 6.94. The van der Waals surface area contributed by atoms with Crippen LogP contribution in [0.5, 0.6) is 0 Å². The third-order valence-electron chi connectivity index (χ3n) is 4.78. The Morgan fingerprint density at radius 3 is 2.62 bits per heavy atom. The number of carbonyl (C=O) groups excluding carboxylic acids is 1. The minimum Gasteiger partial charge on any atom is -0.384 e. The van der Waals surface area contributed by atoms with Gasteiger partial charge in [0.05, 0.1) is 5.25 Å². The van der Waals surface area contributed by atoms with Crippen LogP contribution in [0.3, 0.4) is 0 Å². The van der Waals surface area contributed by atoms with Crippen molar-refractivity contribution >= 4 is 23.5 Å². The average molecular weight is 371 g/mol. The number of carbonyl (C=O) groups is 1. The second kappa shape index (κ2) is 8.54. The highest BCUT2D eigenvalue weighted by atomic mass is 32.2. The highest BCUT2D eigenvalue weighted by molar-refractivity contribution is 8.00. The lowest BCUT2D eigenvalue weighted by Gasteiger charge is -2.33. The Kier molecular flexibility index (Phi) is 6.14. The Balaban J connectivity index is 1.51. The minimum absolute atomic E-state index is 0.164. The van der Waals surface area contributed by atoms with Gasteiger partial charge >= 0.3 is 0 Å². The molecule has 1 fully saturated rings. The number of hydrogen-bond acceptors (Lipinski definition) is 5. The van der Waals surface area contributed by atoms with Crippen LogP contribution in [0.25, 0.3) is 0 Å². The molecule has 1 saturated heterocycles. The van der Waals surface area contributed by atoms with Crippen LogP contribution in [0.2, 0.25) is 0 Å². The number of aromatic nitrogens is 2. The van der Waals surface area contributed by atoms with Crippen molar-refractivity contribution in [3.05, 3.63) is 47.7 Å². The van der Waals surface area contributed by atoms with Crippen LogP contribution in [-0.4, -0.2) is 39.1 Å². The number of nitrogen functional groups attached to an aromatic ring is 1. The maximum absolute atomic E-state index is 12.8. The molecule has 0 spiro atoms. The number of nitrogens with two attached hydrogens (primary N) is 1. The second-order valence-corrected chi connectivity index (χ2v) is 8.24. The quantitative estimate of drug-likeness (QED) is 0.646. The summed E-state index contributed by atoms with van der Waals surface area (Å²) in [6, 6.07) is 12.3. The molecule has 138 valence electrons. The van der Waals surface area contributed by atoms with Gasteiger partial charge in [0, 0.05) is 24.8 Å². The van der Waals surface area contributed by atoms with E-state index in [9.17, 15) is 4.79 Å². The summed E-state index contributed by atoms with van der Waals surface area (Å²) in [6.45, 7) is 5.47. The van der Waals surface area contributed by atoms with Gasteiger partial charge in [0.2, 0.25) is 5.91 Å². The topological polar surface area (TPSA) is 72.1 Å². The molecule has 3 rings (SSSR count). The van der Waals surface area contributed by atoms with Crippen LogP contribution in [0, 0.1) is 12.8 Å². The van der Waals surface area contributed by atoms with Crippen molar-refractivity contribution in [2.75, 3.05) is 18.8 Å². The van der Waals surface area contributed by atoms with Gasteiger partial charge in [-0.2, -0.15) is 0 Å². The third-order valence-corrected chi connectivity index (χ3v) is 5.73. The number of piperidine rings is 1. The molecule has 1 aromatic heterocycles. The van der Waals surface area contributed by atoms with Crippen LogP contribution in [0.15, 0.2) is 41.6 Å². The van der Waals surface area contributed by atoms with Crippen molar-refractivity contribution in [1.29, 1.82) is 0 Å². The van der Waals surface area contributed by atoms with Crippen molar-refractivity contribution in [2.45, 2.75) is 43.5 Å². The first kappa shape index (κ1) is 18.7. The Bertz CT molecular complexity index is 724. The normalized spacial score (nSPS) is 16.5. The first-order chi connectivity index (χ1) is 12.5. The van der Waals surface area contributed by atoms with Crippen molar-refractivity contribution in [1.82, 2.24) is 14.9 Å². The lowest BCUT2D eigenvalue weighted by Crippen LogP contribution is -2.42. The van der Waals surface area contributed by atoms with E-state index >= 15 is 0 Å². The van der Waals surface area contributed by atoms with E-state index in [-0.39, 0.29) is 11.2 Å². The molecule has 1 aliphatic rings. The molecule has 6 heteroatoms. The molecule has 0 bridgehead atoms. The SMILES string of the molecule is Cc1cc(N)nc(S[C@@H](C)C(=O)N2CCC(Cc3ccccc3)CC2)n1. The third kappa shape index (κ3) is 4.97. The molecule has 1 amide bonds. The number of amides is 1. The zero-order valence-electron chi connectivity index (χ0n) is 15.4. The summed E-state index contributed by atoms with van der Waals surface area (Å²) in [6.07, 6.45) is 3.22. The largest absolute Gasteiger partial charge is 0.384 e. The van der Waals surface area contributed by atoms with Crippen molar-refractivity contribution in [3.63, 3.8) is 0 Å². The minimum atomic E-state index is -0.207. The molecule has 0 saturated carbocycles. The predicted octanol–water partition coefficient (Wildman–Crippen LogP) is 3.33. The summed E-state index contributed by atoms with van der Waals surface area (Å²) >= 11 is 1.38. The first-order valence-electron chi connectivity index (χ1n) is 9.12. The number of rotatable bonds is 5. The number of benzene rings is 1. The van der Waals surface area contributed by atoms with E-state index in [4.69, 9.17) is 5.73 Å². The lowest BCUT2D eigenvalue weighted by atomic mass is 9.90. The summed E-state index contributed by atoms with van der Waals surface area (Å²) in [5, 5.41) is 0.365. The molecular weight excluding hydrogens is 344 g/mol. The van der Waals surface area contributed by atoms with Gasteiger partial charge in [0.1, 0.15) is 5.82 Å². The summed E-state index contributed by atoms with van der Waals surface area (Å²) in [5.74, 6) is 1.27. The van der Waals surface area contributed by atoms with Crippen LogP contribution >= 0.6 is 11.8 Å². The van der Waals surface area contributed by atoms with Crippen molar-refractivity contribution in [3.8, 4) is 0 Å². The molecular formula is C20H26N4OS. The number of aryl methyl sites for hydroxylation is 1. The molecule has 2 heterocycles. The molecule has 26 heavy (non-hydrogen) atoms. The van der Waals surface area contributed by atoms with Gasteiger partial charge in [-0.15, -0.1) is 0 Å². The highest BCUT2D eigenvalue weighted by Gasteiger charge is 2.27. The summed E-state index contributed by atoms with van der Waals surface area (Å²) < 4.78 is 0. The summed E-state index contributed by atoms with van der Waals surface area (Å²) in [7, 11) is 0. The Labute approximate surface area is 159 Å². The molecule has 2 aromatic rings. The molecule has 1 aliphatic heterocycles. The van der Waals surface area contributed by atoms with Gasteiger partial charge < -0.3 is 10.6 Å². The molecule has 0 aliphatic carbocycles. The molecule has 0 radical (unpaired) electrons. The number of nitrogens with zero attached hydrogens (tertiary/aromatic N) is 3. The maximum Gasteiger partial charge on any atom is 0.235 e. The maximum atomic E-state index is 12.8. The van der Waals surface area contributed by atoms with E-state index in [1.54, 1.807) is 6.07 Å².